The van der Waals surface area contributed by atoms with Crippen molar-refractivity contribution in [2.24, 2.45) is 0 Å². The van der Waals surface area contributed by atoms with Gasteiger partial charge in [-0.3, -0.25) is 4.79 Å². The largest absolute Gasteiger partial charge is 0.457 e. The zero-order valence-electron chi connectivity index (χ0n) is 10.2. The predicted molar refractivity (Wildman–Crippen MR) is 63.2 cm³/mol. The molecular weight excluding hydrogens is 220 g/mol. The second-order valence-electron chi connectivity index (χ2n) is 3.80. The maximum atomic E-state index is 11.6. The minimum Gasteiger partial charge on any atom is -0.457 e. The van der Waals surface area contributed by atoms with Crippen LogP contribution in [0.2, 0.25) is 0 Å². The van der Waals surface area contributed by atoms with E-state index in [4.69, 9.17) is 9.47 Å². The summed E-state index contributed by atoms with van der Waals surface area (Å²) in [5.41, 5.74) is 1.00. The van der Waals surface area contributed by atoms with Crippen LogP contribution in [-0.4, -0.2) is 31.6 Å². The van der Waals surface area contributed by atoms with E-state index in [1.807, 2.05) is 0 Å². The van der Waals surface area contributed by atoms with Crippen molar-refractivity contribution in [1.82, 2.24) is 0 Å². The summed E-state index contributed by atoms with van der Waals surface area (Å²) in [6, 6.07) is 6.39. The summed E-state index contributed by atoms with van der Waals surface area (Å²) < 4.78 is 10.00. The number of esters is 1. The Hall–Kier alpha value is -1.68. The standard InChI is InChI=1S/C13H16O4/c1-9(8-16-3)17-13(15)12-6-4-11(5-7-12)10(2)14/h4-7,9H,8H2,1-3H3. The van der Waals surface area contributed by atoms with Gasteiger partial charge in [0.25, 0.3) is 0 Å². The number of hydrogen-bond donors (Lipinski definition) is 0. The van der Waals surface area contributed by atoms with Gasteiger partial charge in [-0.05, 0) is 26.0 Å². The second kappa shape index (κ2) is 6.15. The van der Waals surface area contributed by atoms with Crippen molar-refractivity contribution in [3.63, 3.8) is 0 Å². The van der Waals surface area contributed by atoms with Gasteiger partial charge >= 0.3 is 5.97 Å². The number of ketones is 1. The molecule has 0 aliphatic rings. The highest BCUT2D eigenvalue weighted by atomic mass is 16.6. The van der Waals surface area contributed by atoms with Crippen molar-refractivity contribution >= 4 is 11.8 Å². The molecule has 1 aromatic carbocycles. The molecule has 0 amide bonds. The van der Waals surface area contributed by atoms with Crippen LogP contribution in [0.1, 0.15) is 34.6 Å². The van der Waals surface area contributed by atoms with Crippen LogP contribution in [0.15, 0.2) is 24.3 Å². The minimum absolute atomic E-state index is 0.0299. The highest BCUT2D eigenvalue weighted by molar-refractivity contribution is 5.96. The zero-order chi connectivity index (χ0) is 12.8. The van der Waals surface area contributed by atoms with Crippen molar-refractivity contribution in [1.29, 1.82) is 0 Å². The molecule has 0 N–H and O–H groups in total. The Morgan fingerprint density at radius 1 is 1.18 bits per heavy atom. The van der Waals surface area contributed by atoms with Gasteiger partial charge in [-0.1, -0.05) is 12.1 Å². The van der Waals surface area contributed by atoms with Crippen molar-refractivity contribution < 1.29 is 19.1 Å². The van der Waals surface area contributed by atoms with E-state index in [-0.39, 0.29) is 11.9 Å². The van der Waals surface area contributed by atoms with E-state index in [2.05, 4.69) is 0 Å². The zero-order valence-corrected chi connectivity index (χ0v) is 10.2. The Morgan fingerprint density at radius 3 is 2.18 bits per heavy atom. The third kappa shape index (κ3) is 4.00. The molecule has 17 heavy (non-hydrogen) atoms. The van der Waals surface area contributed by atoms with E-state index >= 15 is 0 Å². The third-order valence-electron chi connectivity index (χ3n) is 2.24. The Kier molecular flexibility index (Phi) is 4.84. The first-order chi connectivity index (χ1) is 8.04. The van der Waals surface area contributed by atoms with Gasteiger partial charge < -0.3 is 9.47 Å². The summed E-state index contributed by atoms with van der Waals surface area (Å²) in [5.74, 6) is -0.442. The molecule has 4 nitrogen and oxygen atoms in total. The predicted octanol–water partition coefficient (Wildman–Crippen LogP) is 2.08. The SMILES string of the molecule is COCC(C)OC(=O)c1ccc(C(C)=O)cc1. The van der Waals surface area contributed by atoms with E-state index < -0.39 is 5.97 Å². The molecule has 0 aromatic heterocycles. The summed E-state index contributed by atoms with van der Waals surface area (Å²) >= 11 is 0. The molecule has 0 saturated carbocycles. The van der Waals surface area contributed by atoms with Crippen molar-refractivity contribution in [2.75, 3.05) is 13.7 Å². The number of methoxy groups -OCH3 is 1. The molecule has 0 aliphatic heterocycles. The first-order valence-electron chi connectivity index (χ1n) is 5.35. The van der Waals surface area contributed by atoms with Crippen molar-refractivity contribution in [2.45, 2.75) is 20.0 Å². The normalized spacial score (nSPS) is 11.9. The monoisotopic (exact) mass is 236 g/mol. The van der Waals surface area contributed by atoms with E-state index in [0.717, 1.165) is 0 Å². The molecule has 0 aliphatic carbocycles. The summed E-state index contributed by atoms with van der Waals surface area (Å²) in [6.45, 7) is 3.59. The number of ether oxygens (including phenoxy) is 2. The molecule has 0 radical (unpaired) electrons. The molecular formula is C13H16O4. The van der Waals surface area contributed by atoms with Gasteiger partial charge in [0, 0.05) is 12.7 Å². The first-order valence-corrected chi connectivity index (χ1v) is 5.35. The highest BCUT2D eigenvalue weighted by Crippen LogP contribution is 2.08. The molecule has 1 unspecified atom stereocenters. The fourth-order valence-electron chi connectivity index (χ4n) is 1.36. The maximum Gasteiger partial charge on any atom is 0.338 e. The van der Waals surface area contributed by atoms with Gasteiger partial charge in [-0.2, -0.15) is 0 Å². The molecule has 1 aromatic rings. The molecule has 0 heterocycles. The van der Waals surface area contributed by atoms with E-state index in [9.17, 15) is 9.59 Å². The average molecular weight is 236 g/mol. The van der Waals surface area contributed by atoms with Crippen LogP contribution in [0.25, 0.3) is 0 Å². The molecule has 1 rings (SSSR count). The summed E-state index contributed by atoms with van der Waals surface area (Å²) in [6.07, 6.45) is -0.292. The second-order valence-corrected chi connectivity index (χ2v) is 3.80. The minimum atomic E-state index is -0.412. The number of benzene rings is 1. The van der Waals surface area contributed by atoms with Crippen LogP contribution in [0.5, 0.6) is 0 Å². The van der Waals surface area contributed by atoms with E-state index in [1.165, 1.54) is 6.92 Å². The molecule has 0 spiro atoms. The van der Waals surface area contributed by atoms with Crippen molar-refractivity contribution in [3.05, 3.63) is 35.4 Å². The topological polar surface area (TPSA) is 52.6 Å². The molecule has 0 bridgehead atoms. The fourth-order valence-corrected chi connectivity index (χ4v) is 1.36. The van der Waals surface area contributed by atoms with E-state index in [1.54, 1.807) is 38.3 Å². The number of hydrogen-bond acceptors (Lipinski definition) is 4. The molecule has 92 valence electrons. The number of carbonyl (C=O) groups excluding carboxylic acids is 2. The molecule has 4 heteroatoms. The lowest BCUT2D eigenvalue weighted by atomic mass is 10.1. The smallest absolute Gasteiger partial charge is 0.338 e. The van der Waals surface area contributed by atoms with E-state index in [0.29, 0.717) is 17.7 Å². The summed E-state index contributed by atoms with van der Waals surface area (Å²) in [7, 11) is 1.55. The Labute approximate surface area is 101 Å². The molecule has 0 saturated heterocycles. The van der Waals surface area contributed by atoms with Crippen LogP contribution < -0.4 is 0 Å². The number of rotatable bonds is 5. The highest BCUT2D eigenvalue weighted by Gasteiger charge is 2.12. The van der Waals surface area contributed by atoms with Crippen LogP contribution in [0.4, 0.5) is 0 Å². The lowest BCUT2D eigenvalue weighted by Gasteiger charge is -2.12. The lowest BCUT2D eigenvalue weighted by molar-refractivity contribution is 0.0120. The van der Waals surface area contributed by atoms with Crippen LogP contribution >= 0.6 is 0 Å². The summed E-state index contributed by atoms with van der Waals surface area (Å²) in [5, 5.41) is 0. The van der Waals surface area contributed by atoms with Gasteiger partial charge in [0.15, 0.2) is 5.78 Å². The average Bonchev–Trinajstić information content (AvgIpc) is 2.29. The Balaban J connectivity index is 2.66. The summed E-state index contributed by atoms with van der Waals surface area (Å²) in [4.78, 5) is 22.7. The lowest BCUT2D eigenvalue weighted by Crippen LogP contribution is -2.19. The van der Waals surface area contributed by atoms with Gasteiger partial charge in [-0.25, -0.2) is 4.79 Å². The van der Waals surface area contributed by atoms with Gasteiger partial charge in [0.1, 0.15) is 6.10 Å². The maximum absolute atomic E-state index is 11.6. The molecule has 1 atom stereocenters. The third-order valence-corrected chi connectivity index (χ3v) is 2.24. The van der Waals surface area contributed by atoms with Crippen molar-refractivity contribution in [3.8, 4) is 0 Å². The van der Waals surface area contributed by atoms with Crippen LogP contribution in [-0.2, 0) is 9.47 Å². The number of Topliss-reactive ketones (excluding diaryl/α,β-unsaturated/α-hetero) is 1. The fraction of sp³-hybridized carbons (Fsp3) is 0.385. The Morgan fingerprint density at radius 2 is 1.71 bits per heavy atom. The quantitative estimate of drug-likeness (QED) is 0.580. The number of carbonyl (C=O) groups is 2. The van der Waals surface area contributed by atoms with Gasteiger partial charge in [0.2, 0.25) is 0 Å². The Bertz CT molecular complexity index is 394. The first kappa shape index (κ1) is 13.4. The van der Waals surface area contributed by atoms with Crippen LogP contribution in [0.3, 0.4) is 0 Å². The molecule has 0 fully saturated rings. The van der Waals surface area contributed by atoms with Gasteiger partial charge in [0.05, 0.1) is 12.2 Å². The van der Waals surface area contributed by atoms with Crippen LogP contribution in [0, 0.1) is 0 Å². The van der Waals surface area contributed by atoms with Gasteiger partial charge in [-0.15, -0.1) is 0 Å².